The van der Waals surface area contributed by atoms with Crippen LogP contribution in [0.25, 0.3) is 11.1 Å². The van der Waals surface area contributed by atoms with Crippen LogP contribution in [0.4, 0.5) is 0 Å². The highest BCUT2D eigenvalue weighted by Crippen LogP contribution is 2.31. The summed E-state index contributed by atoms with van der Waals surface area (Å²) < 4.78 is 5.09. The molecular weight excluding hydrogens is 271 g/mol. The summed E-state index contributed by atoms with van der Waals surface area (Å²) in [6.07, 6.45) is 0.729. The van der Waals surface area contributed by atoms with Crippen molar-refractivity contribution in [3.63, 3.8) is 0 Å². The van der Waals surface area contributed by atoms with Crippen LogP contribution in [0.3, 0.4) is 0 Å². The summed E-state index contributed by atoms with van der Waals surface area (Å²) in [4.78, 5) is 10.7. The van der Waals surface area contributed by atoms with Crippen LogP contribution >= 0.6 is 23.2 Å². The Balaban J connectivity index is 2.45. The zero-order valence-electron chi connectivity index (χ0n) is 9.61. The number of methoxy groups -OCH3 is 1. The van der Waals surface area contributed by atoms with Crippen molar-refractivity contribution < 1.29 is 9.53 Å². The minimum atomic E-state index is 0.425. The van der Waals surface area contributed by atoms with E-state index in [1.807, 2.05) is 12.1 Å². The summed E-state index contributed by atoms with van der Waals surface area (Å²) in [7, 11) is 1.57. The highest BCUT2D eigenvalue weighted by Gasteiger charge is 2.06. The predicted molar refractivity (Wildman–Crippen MR) is 73.8 cm³/mol. The van der Waals surface area contributed by atoms with Crippen molar-refractivity contribution in [1.29, 1.82) is 0 Å². The maximum atomic E-state index is 10.7. The fourth-order valence-electron chi connectivity index (χ4n) is 1.65. The van der Waals surface area contributed by atoms with Gasteiger partial charge in [0.15, 0.2) is 6.29 Å². The lowest BCUT2D eigenvalue weighted by Crippen LogP contribution is -1.87. The minimum absolute atomic E-state index is 0.425. The lowest BCUT2D eigenvalue weighted by molar-refractivity contribution is 0.112. The fraction of sp³-hybridized carbons (Fsp3) is 0.0714. The Morgan fingerprint density at radius 1 is 1.00 bits per heavy atom. The topological polar surface area (TPSA) is 26.3 Å². The third-order valence-corrected chi connectivity index (χ3v) is 3.24. The van der Waals surface area contributed by atoms with Crippen LogP contribution in [0.1, 0.15) is 10.4 Å². The Bertz CT molecular complexity index is 594. The average molecular weight is 281 g/mol. The second-order valence-electron chi connectivity index (χ2n) is 3.70. The van der Waals surface area contributed by atoms with Crippen molar-refractivity contribution in [2.75, 3.05) is 7.11 Å². The summed E-state index contributed by atoms with van der Waals surface area (Å²) in [6, 6.07) is 10.7. The Hall–Kier alpha value is -1.51. The quantitative estimate of drug-likeness (QED) is 0.775. The summed E-state index contributed by atoms with van der Waals surface area (Å²) in [6.45, 7) is 0. The first-order chi connectivity index (χ1) is 8.65. The van der Waals surface area contributed by atoms with Gasteiger partial charge >= 0.3 is 0 Å². The molecule has 0 amide bonds. The number of rotatable bonds is 3. The molecule has 0 bridgehead atoms. The van der Waals surface area contributed by atoms with E-state index in [9.17, 15) is 4.79 Å². The maximum Gasteiger partial charge on any atom is 0.151 e. The number of carbonyl (C=O) groups excluding carboxylic acids is 1. The molecule has 2 nitrogen and oxygen atoms in total. The van der Waals surface area contributed by atoms with Gasteiger partial charge in [0.05, 0.1) is 17.2 Å². The van der Waals surface area contributed by atoms with Gasteiger partial charge in [0.25, 0.3) is 0 Å². The highest BCUT2D eigenvalue weighted by molar-refractivity contribution is 6.33. The Morgan fingerprint density at radius 2 is 1.61 bits per heavy atom. The van der Waals surface area contributed by atoms with Crippen molar-refractivity contribution in [3.05, 3.63) is 52.0 Å². The van der Waals surface area contributed by atoms with Crippen molar-refractivity contribution in [2.24, 2.45) is 0 Å². The zero-order valence-corrected chi connectivity index (χ0v) is 11.1. The van der Waals surface area contributed by atoms with E-state index < -0.39 is 0 Å². The van der Waals surface area contributed by atoms with Crippen LogP contribution in [0.5, 0.6) is 5.75 Å². The van der Waals surface area contributed by atoms with Gasteiger partial charge in [-0.3, -0.25) is 4.79 Å². The molecule has 0 aromatic heterocycles. The minimum Gasteiger partial charge on any atom is -0.495 e. The first-order valence-electron chi connectivity index (χ1n) is 5.24. The highest BCUT2D eigenvalue weighted by atomic mass is 35.5. The SMILES string of the molecule is COc1ccc(-c2ccc(C=O)c(Cl)c2)cc1Cl. The summed E-state index contributed by atoms with van der Waals surface area (Å²) >= 11 is 12.1. The molecular formula is C14H10Cl2O2. The molecule has 18 heavy (non-hydrogen) atoms. The van der Waals surface area contributed by atoms with Crippen LogP contribution in [-0.2, 0) is 0 Å². The van der Waals surface area contributed by atoms with Crippen LogP contribution < -0.4 is 4.74 Å². The van der Waals surface area contributed by atoms with E-state index in [1.165, 1.54) is 0 Å². The van der Waals surface area contributed by atoms with Gasteiger partial charge < -0.3 is 4.74 Å². The standard InChI is InChI=1S/C14H10Cl2O2/c1-18-14-5-4-10(7-13(14)16)9-2-3-11(8-17)12(15)6-9/h2-8H,1H3. The molecule has 0 saturated carbocycles. The molecule has 0 aliphatic rings. The number of benzene rings is 2. The van der Waals surface area contributed by atoms with E-state index in [-0.39, 0.29) is 0 Å². The number of aldehydes is 1. The van der Waals surface area contributed by atoms with Gasteiger partial charge in [-0.25, -0.2) is 0 Å². The molecule has 0 atom stereocenters. The van der Waals surface area contributed by atoms with E-state index in [0.29, 0.717) is 21.4 Å². The van der Waals surface area contributed by atoms with Crippen LogP contribution in [0.15, 0.2) is 36.4 Å². The Labute approximate surface area is 115 Å². The summed E-state index contributed by atoms with van der Waals surface area (Å²) in [5.74, 6) is 0.621. The predicted octanol–water partition coefficient (Wildman–Crippen LogP) is 4.48. The fourth-order valence-corrected chi connectivity index (χ4v) is 2.13. The third kappa shape index (κ3) is 2.50. The van der Waals surface area contributed by atoms with E-state index in [0.717, 1.165) is 17.4 Å². The Kier molecular flexibility index (Phi) is 3.90. The van der Waals surface area contributed by atoms with Gasteiger partial charge in [-0.1, -0.05) is 35.3 Å². The molecule has 4 heteroatoms. The molecule has 0 spiro atoms. The molecule has 0 saturated heterocycles. The number of hydrogen-bond acceptors (Lipinski definition) is 2. The average Bonchev–Trinajstić information content (AvgIpc) is 2.38. The maximum absolute atomic E-state index is 10.7. The van der Waals surface area contributed by atoms with Crippen LogP contribution in [-0.4, -0.2) is 13.4 Å². The number of carbonyl (C=O) groups is 1. The van der Waals surface area contributed by atoms with Crippen molar-refractivity contribution in [2.45, 2.75) is 0 Å². The van der Waals surface area contributed by atoms with Crippen molar-refractivity contribution >= 4 is 29.5 Å². The van der Waals surface area contributed by atoms with Gasteiger partial charge in [0, 0.05) is 5.56 Å². The van der Waals surface area contributed by atoms with Crippen LogP contribution in [0.2, 0.25) is 10.0 Å². The number of ether oxygens (including phenoxy) is 1. The zero-order chi connectivity index (χ0) is 13.1. The van der Waals surface area contributed by atoms with Gasteiger partial charge in [-0.05, 0) is 35.4 Å². The lowest BCUT2D eigenvalue weighted by atomic mass is 10.0. The molecule has 0 N–H and O–H groups in total. The Morgan fingerprint density at radius 3 is 2.11 bits per heavy atom. The first-order valence-corrected chi connectivity index (χ1v) is 6.00. The van der Waals surface area contributed by atoms with E-state index in [1.54, 1.807) is 31.4 Å². The van der Waals surface area contributed by atoms with Gasteiger partial charge in [-0.2, -0.15) is 0 Å². The van der Waals surface area contributed by atoms with Gasteiger partial charge in [0.2, 0.25) is 0 Å². The first kappa shape index (κ1) is 12.9. The summed E-state index contributed by atoms with van der Waals surface area (Å²) in [5.41, 5.74) is 2.29. The molecule has 0 unspecified atom stereocenters. The molecule has 0 aliphatic carbocycles. The molecule has 2 aromatic rings. The third-order valence-electron chi connectivity index (χ3n) is 2.61. The van der Waals surface area contributed by atoms with E-state index in [2.05, 4.69) is 0 Å². The summed E-state index contributed by atoms with van der Waals surface area (Å²) in [5, 5.41) is 0.958. The largest absolute Gasteiger partial charge is 0.495 e. The molecule has 0 aliphatic heterocycles. The normalized spacial score (nSPS) is 10.2. The number of hydrogen-bond donors (Lipinski definition) is 0. The molecule has 0 heterocycles. The molecule has 0 radical (unpaired) electrons. The monoisotopic (exact) mass is 280 g/mol. The number of halogens is 2. The van der Waals surface area contributed by atoms with Gasteiger partial charge in [0.1, 0.15) is 5.75 Å². The smallest absolute Gasteiger partial charge is 0.151 e. The van der Waals surface area contributed by atoms with Crippen LogP contribution in [0, 0.1) is 0 Å². The second kappa shape index (κ2) is 5.42. The lowest BCUT2D eigenvalue weighted by Gasteiger charge is -2.07. The van der Waals surface area contributed by atoms with E-state index in [4.69, 9.17) is 27.9 Å². The van der Waals surface area contributed by atoms with Crippen molar-refractivity contribution in [3.8, 4) is 16.9 Å². The second-order valence-corrected chi connectivity index (χ2v) is 4.52. The molecule has 0 fully saturated rings. The van der Waals surface area contributed by atoms with E-state index >= 15 is 0 Å². The molecule has 2 rings (SSSR count). The molecule has 92 valence electrons. The van der Waals surface area contributed by atoms with Gasteiger partial charge in [-0.15, -0.1) is 0 Å². The van der Waals surface area contributed by atoms with Crippen molar-refractivity contribution in [1.82, 2.24) is 0 Å². The molecule has 2 aromatic carbocycles.